The zero-order valence-corrected chi connectivity index (χ0v) is 20.1. The van der Waals surface area contributed by atoms with Crippen LogP contribution in [0.3, 0.4) is 0 Å². The molecular weight excluding hydrogens is 448 g/mol. The summed E-state index contributed by atoms with van der Waals surface area (Å²) in [5.74, 6) is 2.23. The molecule has 0 aliphatic rings. The number of thioether (sulfide) groups is 1. The Labute approximate surface area is 203 Å². The molecule has 0 unspecified atom stereocenters. The molecule has 0 aliphatic heterocycles. The normalized spacial score (nSPS) is 10.7. The molecule has 34 heavy (non-hydrogen) atoms. The van der Waals surface area contributed by atoms with Gasteiger partial charge >= 0.3 is 0 Å². The molecule has 1 amide bonds. The fraction of sp³-hybridized carbons (Fsp3) is 0.192. The van der Waals surface area contributed by atoms with E-state index in [0.29, 0.717) is 29.0 Å². The largest absolute Gasteiger partial charge is 0.497 e. The van der Waals surface area contributed by atoms with E-state index in [1.807, 2.05) is 79.1 Å². The lowest BCUT2D eigenvalue weighted by Gasteiger charge is -2.12. The van der Waals surface area contributed by atoms with E-state index >= 15 is 0 Å². The van der Waals surface area contributed by atoms with E-state index in [0.717, 1.165) is 22.6 Å². The Morgan fingerprint density at radius 1 is 1.00 bits per heavy atom. The molecule has 4 aromatic rings. The first-order chi connectivity index (χ1) is 16.6. The van der Waals surface area contributed by atoms with Crippen molar-refractivity contribution < 1.29 is 14.3 Å². The van der Waals surface area contributed by atoms with Crippen molar-refractivity contribution in [3.05, 3.63) is 78.4 Å². The number of rotatable bonds is 9. The van der Waals surface area contributed by atoms with Gasteiger partial charge in [0.1, 0.15) is 11.5 Å². The maximum atomic E-state index is 12.6. The SMILES string of the molecule is CCOc1ccc(-n2c(SCC(=O)Nc3cccc(OC)c3)nnc2-c2cccc(C)c2)cc1. The number of nitrogens with zero attached hydrogens (tertiary/aromatic N) is 3. The molecule has 0 spiro atoms. The summed E-state index contributed by atoms with van der Waals surface area (Å²) in [5, 5.41) is 12.4. The second kappa shape index (κ2) is 10.9. The van der Waals surface area contributed by atoms with Crippen molar-refractivity contribution in [2.75, 3.05) is 24.8 Å². The van der Waals surface area contributed by atoms with Crippen molar-refractivity contribution in [1.29, 1.82) is 0 Å². The van der Waals surface area contributed by atoms with E-state index in [-0.39, 0.29) is 11.7 Å². The molecule has 0 aliphatic carbocycles. The molecular formula is C26H26N4O3S. The number of aryl methyl sites for hydroxylation is 1. The maximum absolute atomic E-state index is 12.6. The smallest absolute Gasteiger partial charge is 0.234 e. The van der Waals surface area contributed by atoms with Gasteiger partial charge in [0.2, 0.25) is 5.91 Å². The Balaban J connectivity index is 1.59. The molecule has 0 saturated carbocycles. The molecule has 7 nitrogen and oxygen atoms in total. The molecule has 0 radical (unpaired) electrons. The van der Waals surface area contributed by atoms with Gasteiger partial charge in [-0.3, -0.25) is 9.36 Å². The number of amides is 1. The van der Waals surface area contributed by atoms with Crippen molar-refractivity contribution in [2.45, 2.75) is 19.0 Å². The predicted octanol–water partition coefficient (Wildman–Crippen LogP) is 5.38. The van der Waals surface area contributed by atoms with E-state index in [2.05, 4.69) is 21.6 Å². The van der Waals surface area contributed by atoms with Crippen molar-refractivity contribution in [2.24, 2.45) is 0 Å². The number of anilines is 1. The average molecular weight is 475 g/mol. The van der Waals surface area contributed by atoms with Crippen molar-refractivity contribution in [3.63, 3.8) is 0 Å². The molecule has 174 valence electrons. The quantitative estimate of drug-likeness (QED) is 0.328. The molecule has 0 fully saturated rings. The first kappa shape index (κ1) is 23.4. The number of benzene rings is 3. The fourth-order valence-electron chi connectivity index (χ4n) is 3.45. The summed E-state index contributed by atoms with van der Waals surface area (Å²) in [6.07, 6.45) is 0. The van der Waals surface area contributed by atoms with Crippen LogP contribution in [0.4, 0.5) is 5.69 Å². The second-order valence-electron chi connectivity index (χ2n) is 7.51. The van der Waals surface area contributed by atoms with Gasteiger partial charge in [0.15, 0.2) is 11.0 Å². The highest BCUT2D eigenvalue weighted by Gasteiger charge is 2.18. The molecule has 1 heterocycles. The molecule has 0 atom stereocenters. The lowest BCUT2D eigenvalue weighted by atomic mass is 10.1. The second-order valence-corrected chi connectivity index (χ2v) is 8.45. The molecule has 8 heteroatoms. The number of carbonyl (C=O) groups is 1. The Bertz CT molecular complexity index is 1270. The van der Waals surface area contributed by atoms with Gasteiger partial charge in [-0.05, 0) is 56.3 Å². The van der Waals surface area contributed by atoms with Gasteiger partial charge in [0, 0.05) is 23.0 Å². The van der Waals surface area contributed by atoms with Gasteiger partial charge in [-0.1, -0.05) is 41.6 Å². The van der Waals surface area contributed by atoms with E-state index in [4.69, 9.17) is 9.47 Å². The van der Waals surface area contributed by atoms with Gasteiger partial charge in [-0.25, -0.2) is 0 Å². The van der Waals surface area contributed by atoms with Crippen molar-refractivity contribution >= 4 is 23.4 Å². The average Bonchev–Trinajstić information content (AvgIpc) is 3.27. The van der Waals surface area contributed by atoms with Gasteiger partial charge in [-0.15, -0.1) is 10.2 Å². The topological polar surface area (TPSA) is 78.3 Å². The molecule has 4 rings (SSSR count). The van der Waals surface area contributed by atoms with Gasteiger partial charge in [0.05, 0.1) is 19.5 Å². The molecule has 0 bridgehead atoms. The summed E-state index contributed by atoms with van der Waals surface area (Å²) in [7, 11) is 1.59. The minimum Gasteiger partial charge on any atom is -0.497 e. The number of carbonyl (C=O) groups excluding carboxylic acids is 1. The van der Waals surface area contributed by atoms with Gasteiger partial charge in [-0.2, -0.15) is 0 Å². The van der Waals surface area contributed by atoms with Crippen LogP contribution in [0.1, 0.15) is 12.5 Å². The van der Waals surface area contributed by atoms with Crippen molar-refractivity contribution in [3.8, 4) is 28.6 Å². The summed E-state index contributed by atoms with van der Waals surface area (Å²) in [5.41, 5.74) is 3.65. The van der Waals surface area contributed by atoms with Crippen LogP contribution in [-0.2, 0) is 4.79 Å². The Hall–Kier alpha value is -3.78. The first-order valence-corrected chi connectivity index (χ1v) is 11.9. The predicted molar refractivity (Wildman–Crippen MR) is 135 cm³/mol. The lowest BCUT2D eigenvalue weighted by molar-refractivity contribution is -0.113. The standard InChI is InChI=1S/C26H26N4O3S/c1-4-33-22-13-11-21(12-14-22)30-25(19-8-5-7-18(2)15-19)28-29-26(30)34-17-24(31)27-20-9-6-10-23(16-20)32-3/h5-16H,4,17H2,1-3H3,(H,27,31). The van der Waals surface area contributed by atoms with Crippen LogP contribution in [0.15, 0.2) is 78.0 Å². The number of aromatic nitrogens is 3. The first-order valence-electron chi connectivity index (χ1n) is 10.9. The van der Waals surface area contributed by atoms with Gasteiger partial charge < -0.3 is 14.8 Å². The molecule has 1 aromatic heterocycles. The Morgan fingerprint density at radius 3 is 2.53 bits per heavy atom. The maximum Gasteiger partial charge on any atom is 0.234 e. The highest BCUT2D eigenvalue weighted by molar-refractivity contribution is 7.99. The van der Waals surface area contributed by atoms with E-state index < -0.39 is 0 Å². The van der Waals surface area contributed by atoms with Crippen LogP contribution >= 0.6 is 11.8 Å². The number of hydrogen-bond donors (Lipinski definition) is 1. The highest BCUT2D eigenvalue weighted by Crippen LogP contribution is 2.29. The van der Waals surface area contributed by atoms with E-state index in [1.54, 1.807) is 13.2 Å². The van der Waals surface area contributed by atoms with Crippen LogP contribution in [0, 0.1) is 6.92 Å². The Kier molecular flexibility index (Phi) is 7.49. The molecule has 3 aromatic carbocycles. The summed E-state index contributed by atoms with van der Waals surface area (Å²) in [6, 6.07) is 23.1. The zero-order chi connectivity index (χ0) is 23.9. The van der Waals surface area contributed by atoms with Crippen LogP contribution in [0.25, 0.3) is 17.1 Å². The third kappa shape index (κ3) is 5.58. The Morgan fingerprint density at radius 2 is 1.79 bits per heavy atom. The van der Waals surface area contributed by atoms with Crippen LogP contribution < -0.4 is 14.8 Å². The van der Waals surface area contributed by atoms with Crippen LogP contribution in [0.2, 0.25) is 0 Å². The number of nitrogens with one attached hydrogen (secondary N) is 1. The van der Waals surface area contributed by atoms with Crippen molar-refractivity contribution in [1.82, 2.24) is 14.8 Å². The third-order valence-electron chi connectivity index (χ3n) is 5.00. The number of methoxy groups -OCH3 is 1. The fourth-order valence-corrected chi connectivity index (χ4v) is 4.21. The minimum absolute atomic E-state index is 0.142. The molecule has 0 saturated heterocycles. The summed E-state index contributed by atoms with van der Waals surface area (Å²) in [6.45, 7) is 4.60. The summed E-state index contributed by atoms with van der Waals surface area (Å²) >= 11 is 1.33. The van der Waals surface area contributed by atoms with Crippen LogP contribution in [-0.4, -0.2) is 40.1 Å². The number of hydrogen-bond acceptors (Lipinski definition) is 6. The van der Waals surface area contributed by atoms with Crippen LogP contribution in [0.5, 0.6) is 11.5 Å². The monoisotopic (exact) mass is 474 g/mol. The van der Waals surface area contributed by atoms with Gasteiger partial charge in [0.25, 0.3) is 0 Å². The zero-order valence-electron chi connectivity index (χ0n) is 19.3. The third-order valence-corrected chi connectivity index (χ3v) is 5.93. The van der Waals surface area contributed by atoms with E-state index in [9.17, 15) is 4.79 Å². The minimum atomic E-state index is -0.142. The lowest BCUT2D eigenvalue weighted by Crippen LogP contribution is -2.14. The highest BCUT2D eigenvalue weighted by atomic mass is 32.2. The summed E-state index contributed by atoms with van der Waals surface area (Å²) in [4.78, 5) is 12.6. The number of ether oxygens (including phenoxy) is 2. The van der Waals surface area contributed by atoms with E-state index in [1.165, 1.54) is 11.8 Å². The molecule has 1 N–H and O–H groups in total. The summed E-state index contributed by atoms with van der Waals surface area (Å²) < 4.78 is 12.8.